The fourth-order valence-corrected chi connectivity index (χ4v) is 2.69. The number of ether oxygens (including phenoxy) is 3. The Kier molecular flexibility index (Phi) is 11.3. The predicted octanol–water partition coefficient (Wildman–Crippen LogP) is 7.40. The van der Waals surface area contributed by atoms with Gasteiger partial charge in [0.15, 0.2) is 5.75 Å². The lowest BCUT2D eigenvalue weighted by Gasteiger charge is -2.18. The molecule has 0 N–H and O–H groups in total. The molecule has 0 spiro atoms. The molecule has 0 aliphatic heterocycles. The molecular weight excluding hydrogens is 460 g/mol. The molecule has 0 bridgehead atoms. The van der Waals surface area contributed by atoms with E-state index in [0.29, 0.717) is 34.0 Å². The van der Waals surface area contributed by atoms with Gasteiger partial charge in [0.1, 0.15) is 22.4 Å². The molecule has 164 valence electrons. The van der Waals surface area contributed by atoms with Gasteiger partial charge in [-0.2, -0.15) is 0 Å². The van der Waals surface area contributed by atoms with Gasteiger partial charge in [0.25, 0.3) is 0 Å². The Labute approximate surface area is 192 Å². The molecule has 9 heteroatoms. The highest BCUT2D eigenvalue weighted by Crippen LogP contribution is 2.37. The summed E-state index contributed by atoms with van der Waals surface area (Å²) in [6.45, 7) is 10.2. The molecule has 0 radical (unpaired) electrons. The SMILES string of the molecule is CC(=NOC(C)(C)C)OCCCC(C)Oc1c(Cl)cc(OCC=C(Cl)Cl)cc1Cl. The summed E-state index contributed by atoms with van der Waals surface area (Å²) in [5.74, 6) is 1.39. The van der Waals surface area contributed by atoms with Crippen LogP contribution in [0.1, 0.15) is 47.5 Å². The van der Waals surface area contributed by atoms with E-state index in [9.17, 15) is 0 Å². The molecule has 0 aliphatic rings. The second-order valence-electron chi connectivity index (χ2n) is 7.25. The van der Waals surface area contributed by atoms with Crippen molar-refractivity contribution in [3.63, 3.8) is 0 Å². The summed E-state index contributed by atoms with van der Waals surface area (Å²) >= 11 is 23.7. The zero-order chi connectivity index (χ0) is 22.0. The van der Waals surface area contributed by atoms with Gasteiger partial charge in [-0.3, -0.25) is 0 Å². The van der Waals surface area contributed by atoms with Crippen LogP contribution in [-0.2, 0) is 9.57 Å². The fraction of sp³-hybridized carbons (Fsp3) is 0.550. The average molecular weight is 487 g/mol. The van der Waals surface area contributed by atoms with Crippen LogP contribution < -0.4 is 9.47 Å². The summed E-state index contributed by atoms with van der Waals surface area (Å²) in [6.07, 6.45) is 2.92. The second kappa shape index (κ2) is 12.6. The number of halogens is 4. The minimum Gasteiger partial charge on any atom is -0.489 e. The van der Waals surface area contributed by atoms with Gasteiger partial charge in [-0.25, -0.2) is 0 Å². The highest BCUT2D eigenvalue weighted by atomic mass is 35.5. The summed E-state index contributed by atoms with van der Waals surface area (Å²) in [5, 5.41) is 4.66. The lowest BCUT2D eigenvalue weighted by atomic mass is 10.2. The quantitative estimate of drug-likeness (QED) is 0.149. The Bertz CT molecular complexity index is 690. The Morgan fingerprint density at radius 1 is 1.17 bits per heavy atom. The number of benzene rings is 1. The molecule has 0 aromatic heterocycles. The molecule has 5 nitrogen and oxygen atoms in total. The van der Waals surface area contributed by atoms with Crippen LogP contribution in [0.4, 0.5) is 0 Å². The van der Waals surface area contributed by atoms with Gasteiger partial charge in [-0.1, -0.05) is 51.6 Å². The van der Waals surface area contributed by atoms with Crippen LogP contribution in [0.5, 0.6) is 11.5 Å². The van der Waals surface area contributed by atoms with E-state index in [1.54, 1.807) is 19.1 Å². The Hall–Kier alpha value is -1.01. The maximum absolute atomic E-state index is 6.28. The van der Waals surface area contributed by atoms with E-state index in [1.807, 2.05) is 27.7 Å². The van der Waals surface area contributed by atoms with Crippen LogP contribution in [0.15, 0.2) is 27.9 Å². The van der Waals surface area contributed by atoms with E-state index >= 15 is 0 Å². The van der Waals surface area contributed by atoms with Gasteiger partial charge in [0, 0.05) is 19.1 Å². The summed E-state index contributed by atoms with van der Waals surface area (Å²) in [4.78, 5) is 5.30. The zero-order valence-electron chi connectivity index (χ0n) is 17.2. The van der Waals surface area contributed by atoms with Crippen molar-refractivity contribution in [3.05, 3.63) is 32.7 Å². The molecule has 0 saturated heterocycles. The van der Waals surface area contributed by atoms with Gasteiger partial charge in [-0.15, -0.1) is 0 Å². The monoisotopic (exact) mass is 485 g/mol. The third-order valence-electron chi connectivity index (χ3n) is 3.29. The van der Waals surface area contributed by atoms with Crippen molar-refractivity contribution in [2.75, 3.05) is 13.2 Å². The van der Waals surface area contributed by atoms with Crippen molar-refractivity contribution in [1.29, 1.82) is 0 Å². The molecule has 1 aromatic rings. The van der Waals surface area contributed by atoms with Gasteiger partial charge >= 0.3 is 0 Å². The standard InChI is InChI=1S/C20H27Cl4NO4/c1-13(7-6-9-26-14(2)25-29-20(3,4)5)28-19-16(21)11-15(12-17(19)22)27-10-8-18(23)24/h8,11-13H,6-7,9-10H2,1-5H3. The molecular formula is C20H27Cl4NO4. The van der Waals surface area contributed by atoms with Gasteiger partial charge < -0.3 is 19.0 Å². The Morgan fingerprint density at radius 3 is 2.34 bits per heavy atom. The maximum Gasteiger partial charge on any atom is 0.222 e. The minimum absolute atomic E-state index is 0.110. The molecule has 1 rings (SSSR count). The van der Waals surface area contributed by atoms with Crippen LogP contribution in [0.3, 0.4) is 0 Å². The largest absolute Gasteiger partial charge is 0.489 e. The van der Waals surface area contributed by atoms with Crippen LogP contribution >= 0.6 is 46.4 Å². The number of oxime groups is 1. The topological polar surface area (TPSA) is 49.3 Å². The fourth-order valence-electron chi connectivity index (χ4n) is 2.01. The lowest BCUT2D eigenvalue weighted by molar-refractivity contribution is -0.00400. The van der Waals surface area contributed by atoms with Crippen molar-refractivity contribution < 1.29 is 19.0 Å². The number of rotatable bonds is 10. The van der Waals surface area contributed by atoms with Gasteiger partial charge in [-0.05, 0) is 46.6 Å². The van der Waals surface area contributed by atoms with E-state index in [1.165, 1.54) is 6.08 Å². The summed E-state index contributed by atoms with van der Waals surface area (Å²) < 4.78 is 17.0. The van der Waals surface area contributed by atoms with Crippen LogP contribution in [0.2, 0.25) is 10.0 Å². The molecule has 0 heterocycles. The third-order valence-corrected chi connectivity index (χ3v) is 4.16. The highest BCUT2D eigenvalue weighted by Gasteiger charge is 2.14. The molecule has 0 fully saturated rings. The van der Waals surface area contributed by atoms with Crippen molar-refractivity contribution in [2.45, 2.75) is 59.2 Å². The molecule has 0 saturated carbocycles. The summed E-state index contributed by atoms with van der Waals surface area (Å²) in [5.41, 5.74) is -0.347. The van der Waals surface area contributed by atoms with Crippen LogP contribution in [-0.4, -0.2) is 30.8 Å². The first-order chi connectivity index (χ1) is 13.5. The summed E-state index contributed by atoms with van der Waals surface area (Å²) in [6, 6.07) is 3.26. The van der Waals surface area contributed by atoms with E-state index in [0.717, 1.165) is 12.8 Å². The Morgan fingerprint density at radius 2 is 1.79 bits per heavy atom. The first kappa shape index (κ1) is 26.0. The molecule has 1 aromatic carbocycles. The zero-order valence-corrected chi connectivity index (χ0v) is 20.3. The maximum atomic E-state index is 6.28. The number of hydrogen-bond acceptors (Lipinski definition) is 5. The lowest BCUT2D eigenvalue weighted by Crippen LogP contribution is -2.17. The molecule has 1 unspecified atom stereocenters. The average Bonchev–Trinajstić information content (AvgIpc) is 2.59. The van der Waals surface area contributed by atoms with Gasteiger partial charge in [0.2, 0.25) is 5.90 Å². The molecule has 0 aliphatic carbocycles. The highest BCUT2D eigenvalue weighted by molar-refractivity contribution is 6.55. The van der Waals surface area contributed by atoms with Gasteiger partial charge in [0.05, 0.1) is 22.8 Å². The first-order valence-corrected chi connectivity index (χ1v) is 10.6. The van der Waals surface area contributed by atoms with E-state index in [-0.39, 0.29) is 22.8 Å². The van der Waals surface area contributed by atoms with Crippen LogP contribution in [0, 0.1) is 0 Å². The van der Waals surface area contributed by atoms with E-state index < -0.39 is 0 Å². The van der Waals surface area contributed by atoms with E-state index in [2.05, 4.69) is 5.16 Å². The predicted molar refractivity (Wildman–Crippen MR) is 121 cm³/mol. The molecule has 29 heavy (non-hydrogen) atoms. The smallest absolute Gasteiger partial charge is 0.222 e. The normalized spacial score (nSPS) is 12.9. The molecule has 0 amide bonds. The second-order valence-corrected chi connectivity index (χ2v) is 9.08. The van der Waals surface area contributed by atoms with Crippen molar-refractivity contribution in [1.82, 2.24) is 0 Å². The minimum atomic E-state index is -0.347. The number of nitrogens with zero attached hydrogens (tertiary/aromatic N) is 1. The van der Waals surface area contributed by atoms with Crippen LogP contribution in [0.25, 0.3) is 0 Å². The first-order valence-electron chi connectivity index (χ1n) is 9.13. The third kappa shape index (κ3) is 11.7. The van der Waals surface area contributed by atoms with Crippen molar-refractivity contribution >= 4 is 52.3 Å². The summed E-state index contributed by atoms with van der Waals surface area (Å²) in [7, 11) is 0. The van der Waals surface area contributed by atoms with E-state index in [4.69, 9.17) is 65.5 Å². The Balaban J connectivity index is 2.47. The number of hydrogen-bond donors (Lipinski definition) is 0. The van der Waals surface area contributed by atoms with Crippen molar-refractivity contribution in [2.24, 2.45) is 5.16 Å². The van der Waals surface area contributed by atoms with Crippen molar-refractivity contribution in [3.8, 4) is 11.5 Å². The molecule has 1 atom stereocenters.